The summed E-state index contributed by atoms with van der Waals surface area (Å²) in [5.41, 5.74) is 6.08. The molecule has 1 saturated heterocycles. The monoisotopic (exact) mass is 314 g/mol. The van der Waals surface area contributed by atoms with Crippen molar-refractivity contribution in [1.29, 1.82) is 0 Å². The first kappa shape index (κ1) is 15.4. The first-order valence-corrected chi connectivity index (χ1v) is 8.31. The van der Waals surface area contributed by atoms with E-state index >= 15 is 0 Å². The van der Waals surface area contributed by atoms with E-state index in [1.54, 1.807) is 18.2 Å². The van der Waals surface area contributed by atoms with E-state index in [1.807, 2.05) is 0 Å². The van der Waals surface area contributed by atoms with E-state index in [4.69, 9.17) is 23.1 Å². The predicted octanol–water partition coefficient (Wildman–Crippen LogP) is 0.714. The maximum Gasteiger partial charge on any atom is 0.243 e. The van der Waals surface area contributed by atoms with Gasteiger partial charge in [-0.1, -0.05) is 24.4 Å². The Morgan fingerprint density at radius 2 is 2.25 bits per heavy atom. The highest BCUT2D eigenvalue weighted by molar-refractivity contribution is 7.89. The lowest BCUT2D eigenvalue weighted by Gasteiger charge is -2.17. The molecule has 20 heavy (non-hydrogen) atoms. The van der Waals surface area contributed by atoms with Crippen molar-refractivity contribution in [2.45, 2.75) is 17.7 Å². The first-order valence-electron chi connectivity index (χ1n) is 6.46. The molecular formula is C13H18N2O3S2. The molecule has 1 aromatic rings. The number of benzene rings is 1. The van der Waals surface area contributed by atoms with E-state index in [9.17, 15) is 8.42 Å². The van der Waals surface area contributed by atoms with E-state index in [2.05, 4.69) is 0 Å². The number of hydrogen-bond donors (Lipinski definition) is 2. The maximum absolute atomic E-state index is 12.5. The van der Waals surface area contributed by atoms with Crippen molar-refractivity contribution in [2.75, 3.05) is 19.7 Å². The standard InChI is InChI=1S/C13H18N2O3S2/c14-13(19)11-2-1-3-12(8-11)20(17,18)15-6-4-10(9-15)5-7-16/h1-3,8,10,16H,4-7,9H2,(H2,14,19). The van der Waals surface area contributed by atoms with Gasteiger partial charge >= 0.3 is 0 Å². The third kappa shape index (κ3) is 3.17. The van der Waals surface area contributed by atoms with Crippen LogP contribution in [0.2, 0.25) is 0 Å². The molecular weight excluding hydrogens is 296 g/mol. The summed E-state index contributed by atoms with van der Waals surface area (Å²) in [6, 6.07) is 6.40. The molecule has 0 spiro atoms. The van der Waals surface area contributed by atoms with Crippen LogP contribution in [0.4, 0.5) is 0 Å². The molecule has 1 aliphatic rings. The Kier molecular flexibility index (Phi) is 4.74. The molecule has 1 unspecified atom stereocenters. The maximum atomic E-state index is 12.5. The summed E-state index contributed by atoms with van der Waals surface area (Å²) in [5.74, 6) is 0.230. The Balaban J connectivity index is 2.23. The van der Waals surface area contributed by atoms with Gasteiger partial charge in [-0.25, -0.2) is 8.42 Å². The Morgan fingerprint density at radius 3 is 2.90 bits per heavy atom. The minimum Gasteiger partial charge on any atom is -0.396 e. The molecule has 0 aromatic heterocycles. The van der Waals surface area contributed by atoms with Crippen LogP contribution < -0.4 is 5.73 Å². The fourth-order valence-corrected chi connectivity index (χ4v) is 4.10. The molecule has 0 bridgehead atoms. The Hall–Kier alpha value is -1.02. The third-order valence-electron chi connectivity index (χ3n) is 3.54. The second-order valence-corrected chi connectivity index (χ2v) is 7.30. The van der Waals surface area contributed by atoms with Crippen molar-refractivity contribution in [3.8, 4) is 0 Å². The van der Waals surface area contributed by atoms with Crippen LogP contribution in [-0.4, -0.2) is 42.5 Å². The van der Waals surface area contributed by atoms with Crippen molar-refractivity contribution in [3.63, 3.8) is 0 Å². The molecule has 110 valence electrons. The molecule has 3 N–H and O–H groups in total. The minimum absolute atomic E-state index is 0.0927. The highest BCUT2D eigenvalue weighted by Gasteiger charge is 2.32. The fraction of sp³-hybridized carbons (Fsp3) is 0.462. The van der Waals surface area contributed by atoms with Gasteiger partial charge in [0, 0.05) is 25.3 Å². The zero-order valence-electron chi connectivity index (χ0n) is 11.0. The molecule has 1 aliphatic heterocycles. The highest BCUT2D eigenvalue weighted by atomic mass is 32.2. The summed E-state index contributed by atoms with van der Waals surface area (Å²) in [7, 11) is -3.51. The molecule has 1 heterocycles. The number of rotatable bonds is 5. The number of nitrogens with zero attached hydrogens (tertiary/aromatic N) is 1. The van der Waals surface area contributed by atoms with Crippen LogP contribution >= 0.6 is 12.2 Å². The zero-order valence-corrected chi connectivity index (χ0v) is 12.7. The van der Waals surface area contributed by atoms with Crippen molar-refractivity contribution < 1.29 is 13.5 Å². The number of aliphatic hydroxyl groups is 1. The van der Waals surface area contributed by atoms with Gasteiger partial charge in [-0.3, -0.25) is 0 Å². The molecule has 5 nitrogen and oxygen atoms in total. The van der Waals surface area contributed by atoms with Crippen LogP contribution in [0.15, 0.2) is 29.2 Å². The summed E-state index contributed by atoms with van der Waals surface area (Å²) in [6.07, 6.45) is 1.42. The van der Waals surface area contributed by atoms with Gasteiger partial charge in [-0.15, -0.1) is 0 Å². The quantitative estimate of drug-likeness (QED) is 0.782. The Bertz CT molecular complexity index is 601. The average molecular weight is 314 g/mol. The average Bonchev–Trinajstić information content (AvgIpc) is 2.88. The van der Waals surface area contributed by atoms with E-state index < -0.39 is 10.0 Å². The summed E-state index contributed by atoms with van der Waals surface area (Å²) < 4.78 is 26.5. The lowest BCUT2D eigenvalue weighted by Crippen LogP contribution is -2.29. The van der Waals surface area contributed by atoms with Crippen LogP contribution in [0.1, 0.15) is 18.4 Å². The summed E-state index contributed by atoms with van der Waals surface area (Å²) in [5, 5.41) is 8.93. The lowest BCUT2D eigenvalue weighted by molar-refractivity contribution is 0.259. The van der Waals surface area contributed by atoms with Crippen LogP contribution in [0, 0.1) is 5.92 Å². The van der Waals surface area contributed by atoms with Crippen LogP contribution in [0.3, 0.4) is 0 Å². The van der Waals surface area contributed by atoms with Gasteiger partial charge in [-0.2, -0.15) is 4.31 Å². The van der Waals surface area contributed by atoms with Gasteiger partial charge in [0.25, 0.3) is 0 Å². The summed E-state index contributed by atoms with van der Waals surface area (Å²) >= 11 is 4.87. The Labute approximate surface area is 124 Å². The minimum atomic E-state index is -3.51. The Morgan fingerprint density at radius 1 is 1.50 bits per heavy atom. The molecule has 1 aromatic carbocycles. The fourth-order valence-electron chi connectivity index (χ4n) is 2.39. The molecule has 1 atom stereocenters. The van der Waals surface area contributed by atoms with E-state index in [1.165, 1.54) is 10.4 Å². The second-order valence-electron chi connectivity index (χ2n) is 4.92. The lowest BCUT2D eigenvalue weighted by atomic mass is 10.1. The number of hydrogen-bond acceptors (Lipinski definition) is 4. The van der Waals surface area contributed by atoms with Crippen molar-refractivity contribution in [2.24, 2.45) is 11.7 Å². The number of thiocarbonyl (C=S) groups is 1. The zero-order chi connectivity index (χ0) is 14.8. The van der Waals surface area contributed by atoms with Gasteiger partial charge in [0.05, 0.1) is 4.90 Å². The topological polar surface area (TPSA) is 83.6 Å². The van der Waals surface area contributed by atoms with Crippen molar-refractivity contribution in [1.82, 2.24) is 4.31 Å². The summed E-state index contributed by atoms with van der Waals surface area (Å²) in [6.45, 7) is 1.04. The molecule has 0 radical (unpaired) electrons. The van der Waals surface area contributed by atoms with Gasteiger partial charge in [-0.05, 0) is 30.9 Å². The molecule has 2 rings (SSSR count). The molecule has 7 heteroatoms. The normalized spacial score (nSPS) is 20.1. The van der Waals surface area contributed by atoms with Crippen molar-refractivity contribution >= 4 is 27.2 Å². The van der Waals surface area contributed by atoms with Crippen LogP contribution in [0.25, 0.3) is 0 Å². The molecule has 0 saturated carbocycles. The predicted molar refractivity (Wildman–Crippen MR) is 80.9 cm³/mol. The largest absolute Gasteiger partial charge is 0.396 e. The summed E-state index contributed by atoms with van der Waals surface area (Å²) in [4.78, 5) is 0.397. The third-order valence-corrected chi connectivity index (χ3v) is 5.64. The SMILES string of the molecule is NC(=S)c1cccc(S(=O)(=O)N2CCC(CCO)C2)c1. The highest BCUT2D eigenvalue weighted by Crippen LogP contribution is 2.26. The van der Waals surface area contributed by atoms with Gasteiger partial charge < -0.3 is 10.8 Å². The number of aliphatic hydroxyl groups excluding tert-OH is 1. The van der Waals surface area contributed by atoms with Crippen LogP contribution in [0.5, 0.6) is 0 Å². The number of sulfonamides is 1. The molecule has 0 amide bonds. The van der Waals surface area contributed by atoms with Gasteiger partial charge in [0.1, 0.15) is 4.99 Å². The van der Waals surface area contributed by atoms with E-state index in [0.717, 1.165) is 6.42 Å². The first-order chi connectivity index (χ1) is 9.45. The van der Waals surface area contributed by atoms with E-state index in [0.29, 0.717) is 25.1 Å². The van der Waals surface area contributed by atoms with Gasteiger partial charge in [0.2, 0.25) is 10.0 Å². The smallest absolute Gasteiger partial charge is 0.243 e. The molecule has 1 fully saturated rings. The van der Waals surface area contributed by atoms with Gasteiger partial charge in [0.15, 0.2) is 0 Å². The number of nitrogens with two attached hydrogens (primary N) is 1. The molecule has 0 aliphatic carbocycles. The van der Waals surface area contributed by atoms with Crippen LogP contribution in [-0.2, 0) is 10.0 Å². The van der Waals surface area contributed by atoms with E-state index in [-0.39, 0.29) is 22.4 Å². The second kappa shape index (κ2) is 6.17. The van der Waals surface area contributed by atoms with Crippen molar-refractivity contribution in [3.05, 3.63) is 29.8 Å².